The van der Waals surface area contributed by atoms with Crippen LogP contribution >= 0.6 is 0 Å². The van der Waals surface area contributed by atoms with Crippen molar-refractivity contribution in [1.29, 1.82) is 0 Å². The lowest BCUT2D eigenvalue weighted by molar-refractivity contribution is 0.299. The molecular weight excluding hydrogens is 238 g/mol. The van der Waals surface area contributed by atoms with Crippen molar-refractivity contribution in [3.63, 3.8) is 0 Å². The predicted octanol–water partition coefficient (Wildman–Crippen LogP) is 1.89. The van der Waals surface area contributed by atoms with Crippen molar-refractivity contribution in [2.24, 2.45) is 0 Å². The van der Waals surface area contributed by atoms with E-state index in [1.54, 1.807) is 6.33 Å². The first kappa shape index (κ1) is 13.7. The first-order chi connectivity index (χ1) is 9.22. The summed E-state index contributed by atoms with van der Waals surface area (Å²) in [5.74, 6) is 0.996. The monoisotopic (exact) mass is 259 g/mol. The minimum absolute atomic E-state index is 0.783. The van der Waals surface area contributed by atoms with Gasteiger partial charge in [-0.25, -0.2) is 9.67 Å². The van der Waals surface area contributed by atoms with Crippen molar-refractivity contribution in [1.82, 2.24) is 24.6 Å². The maximum absolute atomic E-state index is 4.48. The smallest absolute Gasteiger partial charge is 0.140 e. The van der Waals surface area contributed by atoms with Crippen molar-refractivity contribution in [2.75, 3.05) is 7.05 Å². The van der Waals surface area contributed by atoms with E-state index >= 15 is 0 Å². The fourth-order valence-corrected chi connectivity index (χ4v) is 2.01. The van der Waals surface area contributed by atoms with Crippen LogP contribution in [-0.2, 0) is 26.1 Å². The molecule has 2 rings (SSSR count). The summed E-state index contributed by atoms with van der Waals surface area (Å²) in [6, 6.07) is 4.24. The van der Waals surface area contributed by atoms with E-state index in [0.717, 1.165) is 37.6 Å². The van der Waals surface area contributed by atoms with Crippen LogP contribution in [0.25, 0.3) is 0 Å². The molecule has 0 unspecified atom stereocenters. The molecule has 5 heteroatoms. The molecule has 0 radical (unpaired) electrons. The maximum atomic E-state index is 4.48. The molecule has 0 aromatic carbocycles. The first-order valence-corrected chi connectivity index (χ1v) is 6.72. The highest BCUT2D eigenvalue weighted by atomic mass is 15.3. The average Bonchev–Trinajstić information content (AvgIpc) is 2.86. The van der Waals surface area contributed by atoms with E-state index in [1.807, 2.05) is 10.9 Å². The van der Waals surface area contributed by atoms with E-state index in [-0.39, 0.29) is 0 Å². The van der Waals surface area contributed by atoms with E-state index in [0.29, 0.717) is 0 Å². The second-order valence-electron chi connectivity index (χ2n) is 4.68. The van der Waals surface area contributed by atoms with Gasteiger partial charge in [0.1, 0.15) is 12.2 Å². The molecule has 0 fully saturated rings. The van der Waals surface area contributed by atoms with Gasteiger partial charge in [0.2, 0.25) is 0 Å². The Bertz CT molecular complexity index is 503. The highest BCUT2D eigenvalue weighted by molar-refractivity contribution is 5.13. The van der Waals surface area contributed by atoms with Gasteiger partial charge >= 0.3 is 0 Å². The number of hydrogen-bond acceptors (Lipinski definition) is 4. The van der Waals surface area contributed by atoms with E-state index < -0.39 is 0 Å². The lowest BCUT2D eigenvalue weighted by Crippen LogP contribution is -2.21. The topological polar surface area (TPSA) is 46.8 Å². The molecule has 102 valence electrons. The molecule has 0 N–H and O–H groups in total. The third-order valence-corrected chi connectivity index (χ3v) is 3.13. The first-order valence-electron chi connectivity index (χ1n) is 6.72. The average molecular weight is 259 g/mol. The van der Waals surface area contributed by atoms with Crippen LogP contribution < -0.4 is 0 Å². The van der Waals surface area contributed by atoms with Crippen LogP contribution in [0.2, 0.25) is 0 Å². The summed E-state index contributed by atoms with van der Waals surface area (Å²) >= 11 is 0. The molecule has 0 aliphatic heterocycles. The molecule has 0 saturated heterocycles. The quantitative estimate of drug-likeness (QED) is 0.795. The van der Waals surface area contributed by atoms with E-state index in [4.69, 9.17) is 0 Å². The molecule has 0 aliphatic carbocycles. The summed E-state index contributed by atoms with van der Waals surface area (Å²) in [5, 5.41) is 4.18. The van der Waals surface area contributed by atoms with Gasteiger partial charge < -0.3 is 0 Å². The summed E-state index contributed by atoms with van der Waals surface area (Å²) in [5.41, 5.74) is 2.36. The standard InChI is InChI=1S/C14H21N5/c1-4-12-6-7-13(15-8-12)9-18(3)10-14-16-11-17-19(14)5-2/h6-8,11H,4-5,9-10H2,1-3H3. The molecule has 0 amide bonds. The molecule has 19 heavy (non-hydrogen) atoms. The maximum Gasteiger partial charge on any atom is 0.140 e. The summed E-state index contributed by atoms with van der Waals surface area (Å²) < 4.78 is 1.92. The molecule has 2 aromatic rings. The van der Waals surface area contributed by atoms with Crippen LogP contribution in [0.3, 0.4) is 0 Å². The second kappa shape index (κ2) is 6.43. The summed E-state index contributed by atoms with van der Waals surface area (Å²) in [7, 11) is 2.07. The van der Waals surface area contributed by atoms with Crippen LogP contribution in [0, 0.1) is 0 Å². The number of pyridine rings is 1. The van der Waals surface area contributed by atoms with Gasteiger partial charge in [0, 0.05) is 19.3 Å². The Kier molecular flexibility index (Phi) is 4.63. The molecule has 2 aromatic heterocycles. The molecule has 0 saturated carbocycles. The zero-order valence-electron chi connectivity index (χ0n) is 11.9. The number of hydrogen-bond donors (Lipinski definition) is 0. The Morgan fingerprint density at radius 3 is 2.63 bits per heavy atom. The van der Waals surface area contributed by atoms with E-state index in [2.05, 4.69) is 53.0 Å². The minimum atomic E-state index is 0.783. The molecular formula is C14H21N5. The molecule has 0 spiro atoms. The number of aryl methyl sites for hydroxylation is 2. The van der Waals surface area contributed by atoms with Gasteiger partial charge in [-0.1, -0.05) is 13.0 Å². The van der Waals surface area contributed by atoms with Gasteiger partial charge in [0.25, 0.3) is 0 Å². The normalized spacial score (nSPS) is 11.2. The summed E-state index contributed by atoms with van der Waals surface area (Å²) in [6.07, 6.45) is 4.60. The molecule has 2 heterocycles. The SMILES string of the molecule is CCc1ccc(CN(C)Cc2ncnn2CC)nc1. The second-order valence-corrected chi connectivity index (χ2v) is 4.68. The van der Waals surface area contributed by atoms with Crippen molar-refractivity contribution in [3.8, 4) is 0 Å². The van der Waals surface area contributed by atoms with Crippen LogP contribution in [-0.4, -0.2) is 31.7 Å². The van der Waals surface area contributed by atoms with Gasteiger partial charge in [-0.3, -0.25) is 9.88 Å². The van der Waals surface area contributed by atoms with Gasteiger partial charge in [0.05, 0.1) is 12.2 Å². The Morgan fingerprint density at radius 2 is 2.00 bits per heavy atom. The van der Waals surface area contributed by atoms with Gasteiger partial charge in [-0.05, 0) is 32.0 Å². The zero-order valence-corrected chi connectivity index (χ0v) is 11.9. The highest BCUT2D eigenvalue weighted by Gasteiger charge is 2.07. The van der Waals surface area contributed by atoms with Gasteiger partial charge in [-0.15, -0.1) is 0 Å². The third kappa shape index (κ3) is 3.61. The fraction of sp³-hybridized carbons (Fsp3) is 0.500. The zero-order chi connectivity index (χ0) is 13.7. The molecule has 5 nitrogen and oxygen atoms in total. The molecule has 0 bridgehead atoms. The van der Waals surface area contributed by atoms with Crippen LogP contribution in [0.1, 0.15) is 30.9 Å². The fourth-order valence-electron chi connectivity index (χ4n) is 2.01. The largest absolute Gasteiger partial charge is 0.293 e. The van der Waals surface area contributed by atoms with Gasteiger partial charge in [-0.2, -0.15) is 5.10 Å². The van der Waals surface area contributed by atoms with Crippen molar-refractivity contribution < 1.29 is 0 Å². The Morgan fingerprint density at radius 1 is 1.16 bits per heavy atom. The molecule has 0 aliphatic rings. The minimum Gasteiger partial charge on any atom is -0.293 e. The summed E-state index contributed by atoms with van der Waals surface area (Å²) in [4.78, 5) is 11.0. The van der Waals surface area contributed by atoms with Crippen LogP contribution in [0.15, 0.2) is 24.7 Å². The number of rotatable bonds is 6. The third-order valence-electron chi connectivity index (χ3n) is 3.13. The van der Waals surface area contributed by atoms with Crippen molar-refractivity contribution in [3.05, 3.63) is 41.7 Å². The van der Waals surface area contributed by atoms with Crippen LogP contribution in [0.4, 0.5) is 0 Å². The highest BCUT2D eigenvalue weighted by Crippen LogP contribution is 2.06. The van der Waals surface area contributed by atoms with Crippen molar-refractivity contribution in [2.45, 2.75) is 39.9 Å². The van der Waals surface area contributed by atoms with Crippen LogP contribution in [0.5, 0.6) is 0 Å². The number of nitrogens with zero attached hydrogens (tertiary/aromatic N) is 5. The lowest BCUT2D eigenvalue weighted by Gasteiger charge is -2.16. The number of aromatic nitrogens is 4. The molecule has 0 atom stereocenters. The van der Waals surface area contributed by atoms with Crippen molar-refractivity contribution >= 4 is 0 Å². The summed E-state index contributed by atoms with van der Waals surface area (Å²) in [6.45, 7) is 6.67. The Hall–Kier alpha value is -1.75. The Balaban J connectivity index is 1.95. The van der Waals surface area contributed by atoms with E-state index in [1.165, 1.54) is 5.56 Å². The predicted molar refractivity (Wildman–Crippen MR) is 74.5 cm³/mol. The van der Waals surface area contributed by atoms with E-state index in [9.17, 15) is 0 Å². The van der Waals surface area contributed by atoms with Gasteiger partial charge in [0.15, 0.2) is 0 Å². The Labute approximate surface area is 114 Å². The lowest BCUT2D eigenvalue weighted by atomic mass is 10.2.